The Morgan fingerprint density at radius 1 is 1.23 bits per heavy atom. The lowest BCUT2D eigenvalue weighted by Gasteiger charge is -2.29. The first kappa shape index (κ1) is 23.2. The number of aromatic nitrogens is 1. The van der Waals surface area contributed by atoms with Crippen molar-refractivity contribution in [2.24, 2.45) is 5.92 Å². The van der Waals surface area contributed by atoms with Gasteiger partial charge in [0.25, 0.3) is 0 Å². The van der Waals surface area contributed by atoms with E-state index in [0.717, 1.165) is 11.1 Å². The van der Waals surface area contributed by atoms with Gasteiger partial charge >= 0.3 is 0 Å². The number of carbonyl (C=O) groups excluding carboxylic acids is 1. The topological polar surface area (TPSA) is 97.4 Å². The van der Waals surface area contributed by atoms with Crippen molar-refractivity contribution in [3.8, 4) is 5.75 Å². The van der Waals surface area contributed by atoms with Crippen LogP contribution in [0.25, 0.3) is 0 Å². The number of rotatable bonds is 8. The average Bonchev–Trinajstić information content (AvgIpc) is 2.76. The monoisotopic (exact) mass is 445 g/mol. The van der Waals surface area contributed by atoms with Crippen LogP contribution in [0.15, 0.2) is 47.6 Å². The second kappa shape index (κ2) is 10.2. The molecule has 1 aromatic carbocycles. The molecular formula is C23H31N3O4S. The molecule has 0 bridgehead atoms. The van der Waals surface area contributed by atoms with Gasteiger partial charge in [-0.05, 0) is 81.8 Å². The first-order chi connectivity index (χ1) is 14.8. The van der Waals surface area contributed by atoms with Crippen molar-refractivity contribution in [1.29, 1.82) is 0 Å². The second-order valence-electron chi connectivity index (χ2n) is 8.05. The number of sulfonamides is 1. The van der Waals surface area contributed by atoms with Gasteiger partial charge in [-0.1, -0.05) is 6.07 Å². The van der Waals surface area contributed by atoms with Crippen molar-refractivity contribution in [2.75, 3.05) is 6.61 Å². The minimum Gasteiger partial charge on any atom is -0.494 e. The van der Waals surface area contributed by atoms with Gasteiger partial charge in [0, 0.05) is 24.4 Å². The molecule has 0 spiro atoms. The first-order valence-corrected chi connectivity index (χ1v) is 12.2. The van der Waals surface area contributed by atoms with Gasteiger partial charge in [0.15, 0.2) is 0 Å². The van der Waals surface area contributed by atoms with Crippen LogP contribution in [0.5, 0.6) is 5.75 Å². The molecule has 0 radical (unpaired) electrons. The summed E-state index contributed by atoms with van der Waals surface area (Å²) in [5, 5.41) is 3.05. The maximum Gasteiger partial charge on any atom is 0.240 e. The average molecular weight is 446 g/mol. The van der Waals surface area contributed by atoms with Crippen LogP contribution in [0.2, 0.25) is 0 Å². The highest BCUT2D eigenvalue weighted by Gasteiger charge is 2.30. The summed E-state index contributed by atoms with van der Waals surface area (Å²) in [4.78, 5) is 17.0. The zero-order valence-electron chi connectivity index (χ0n) is 18.3. The van der Waals surface area contributed by atoms with E-state index in [1.165, 1.54) is 0 Å². The molecular weight excluding hydrogens is 414 g/mol. The van der Waals surface area contributed by atoms with Crippen LogP contribution in [0.3, 0.4) is 0 Å². The fourth-order valence-corrected chi connectivity index (χ4v) is 5.30. The number of hydrogen-bond acceptors (Lipinski definition) is 5. The van der Waals surface area contributed by atoms with Crippen molar-refractivity contribution in [3.05, 3.63) is 53.9 Å². The number of hydrogen-bond donors (Lipinski definition) is 2. The predicted molar refractivity (Wildman–Crippen MR) is 119 cm³/mol. The van der Waals surface area contributed by atoms with E-state index < -0.39 is 10.0 Å². The third kappa shape index (κ3) is 6.04. The number of ether oxygens (including phenoxy) is 1. The number of benzene rings is 1. The van der Waals surface area contributed by atoms with Crippen molar-refractivity contribution in [3.63, 3.8) is 0 Å². The summed E-state index contributed by atoms with van der Waals surface area (Å²) in [6.45, 7) is 6.19. The minimum atomic E-state index is -3.62. The number of carbonyl (C=O) groups is 1. The Labute approximate surface area is 184 Å². The molecule has 1 heterocycles. The Morgan fingerprint density at radius 3 is 2.58 bits per heavy atom. The highest BCUT2D eigenvalue weighted by atomic mass is 32.2. The molecule has 0 aliphatic heterocycles. The van der Waals surface area contributed by atoms with E-state index in [4.69, 9.17) is 4.74 Å². The molecule has 0 saturated heterocycles. The van der Waals surface area contributed by atoms with Crippen molar-refractivity contribution in [1.82, 2.24) is 15.0 Å². The summed E-state index contributed by atoms with van der Waals surface area (Å²) in [5.41, 5.74) is 1.75. The van der Waals surface area contributed by atoms with Crippen LogP contribution in [0.4, 0.5) is 0 Å². The number of pyridine rings is 1. The van der Waals surface area contributed by atoms with Crippen LogP contribution in [-0.2, 0) is 14.8 Å². The molecule has 1 aromatic heterocycles. The molecule has 1 saturated carbocycles. The lowest BCUT2D eigenvalue weighted by molar-refractivity contribution is -0.126. The minimum absolute atomic E-state index is 0.0137. The van der Waals surface area contributed by atoms with Crippen LogP contribution in [0, 0.1) is 12.8 Å². The smallest absolute Gasteiger partial charge is 0.240 e. The van der Waals surface area contributed by atoms with Gasteiger partial charge < -0.3 is 10.1 Å². The summed E-state index contributed by atoms with van der Waals surface area (Å²) in [6.07, 6.45) is 6.03. The third-order valence-electron chi connectivity index (χ3n) is 5.72. The maximum absolute atomic E-state index is 12.8. The van der Waals surface area contributed by atoms with Crippen molar-refractivity contribution >= 4 is 15.9 Å². The van der Waals surface area contributed by atoms with E-state index in [1.807, 2.05) is 32.9 Å². The first-order valence-electron chi connectivity index (χ1n) is 10.8. The zero-order chi connectivity index (χ0) is 22.4. The molecule has 7 nitrogen and oxygen atoms in total. The normalized spacial score (nSPS) is 20.1. The second-order valence-corrected chi connectivity index (χ2v) is 9.76. The van der Waals surface area contributed by atoms with Gasteiger partial charge in [-0.25, -0.2) is 13.1 Å². The van der Waals surface area contributed by atoms with E-state index in [2.05, 4.69) is 15.0 Å². The molecule has 31 heavy (non-hydrogen) atoms. The van der Waals surface area contributed by atoms with E-state index in [9.17, 15) is 13.2 Å². The van der Waals surface area contributed by atoms with Gasteiger partial charge in [0.05, 0.1) is 17.5 Å². The van der Waals surface area contributed by atoms with Gasteiger partial charge in [-0.3, -0.25) is 9.78 Å². The Bertz CT molecular complexity index is 987. The van der Waals surface area contributed by atoms with E-state index in [-0.39, 0.29) is 28.8 Å². The summed E-state index contributed by atoms with van der Waals surface area (Å²) in [7, 11) is -3.62. The molecule has 8 heteroatoms. The van der Waals surface area contributed by atoms with Crippen LogP contribution in [0.1, 0.15) is 56.7 Å². The van der Waals surface area contributed by atoms with Gasteiger partial charge in [-0.2, -0.15) is 0 Å². The standard InChI is InChI=1S/C23H31N3O4S/c1-4-30-22-12-11-21(14-16(22)2)31(28,29)26-20-9-7-18(8-10-20)23(27)25-17(3)19-6-5-13-24-15-19/h5-6,11-15,17-18,20,26H,4,7-10H2,1-3H3,(H,25,27)/t17-,18-,20-/m1/s1. The number of nitrogens with one attached hydrogen (secondary N) is 2. The quantitative estimate of drug-likeness (QED) is 0.648. The largest absolute Gasteiger partial charge is 0.494 e. The van der Waals surface area contributed by atoms with E-state index in [1.54, 1.807) is 30.6 Å². The van der Waals surface area contributed by atoms with Crippen LogP contribution in [-0.4, -0.2) is 32.0 Å². The number of nitrogens with zero attached hydrogens (tertiary/aromatic N) is 1. The third-order valence-corrected chi connectivity index (χ3v) is 7.24. The number of amides is 1. The van der Waals surface area contributed by atoms with Gasteiger partial charge in [0.2, 0.25) is 15.9 Å². The highest BCUT2D eigenvalue weighted by molar-refractivity contribution is 7.89. The molecule has 3 rings (SSSR count). The van der Waals surface area contributed by atoms with Crippen molar-refractivity contribution < 1.29 is 17.9 Å². The molecule has 168 valence electrons. The maximum atomic E-state index is 12.8. The molecule has 1 aliphatic rings. The predicted octanol–water partition coefficient (Wildman–Crippen LogP) is 3.50. The summed E-state index contributed by atoms with van der Waals surface area (Å²) < 4.78 is 33.9. The zero-order valence-corrected chi connectivity index (χ0v) is 19.1. The Morgan fingerprint density at radius 2 is 1.97 bits per heavy atom. The molecule has 1 atom stereocenters. The molecule has 2 N–H and O–H groups in total. The van der Waals surface area contributed by atoms with Gasteiger partial charge in [-0.15, -0.1) is 0 Å². The Balaban J connectivity index is 1.53. The molecule has 2 aromatic rings. The van der Waals surface area contributed by atoms with E-state index >= 15 is 0 Å². The lowest BCUT2D eigenvalue weighted by Crippen LogP contribution is -2.41. The highest BCUT2D eigenvalue weighted by Crippen LogP contribution is 2.27. The molecule has 1 aliphatic carbocycles. The Kier molecular flexibility index (Phi) is 7.67. The number of aryl methyl sites for hydroxylation is 1. The Hall–Kier alpha value is -2.45. The summed E-state index contributed by atoms with van der Waals surface area (Å²) in [6, 6.07) is 8.40. The summed E-state index contributed by atoms with van der Waals surface area (Å²) >= 11 is 0. The van der Waals surface area contributed by atoms with Gasteiger partial charge in [0.1, 0.15) is 5.75 Å². The van der Waals surface area contributed by atoms with E-state index in [0.29, 0.717) is 38.0 Å². The fraction of sp³-hybridized carbons (Fsp3) is 0.478. The van der Waals surface area contributed by atoms with Crippen LogP contribution >= 0.6 is 0 Å². The SMILES string of the molecule is CCOc1ccc(S(=O)(=O)N[C@H]2CC[C@H](C(=O)N[C@H](C)c3cccnc3)CC2)cc1C. The summed E-state index contributed by atoms with van der Waals surface area (Å²) in [5.74, 6) is 0.598. The fourth-order valence-electron chi connectivity index (χ4n) is 3.91. The lowest BCUT2D eigenvalue weighted by atomic mass is 9.85. The molecule has 1 amide bonds. The van der Waals surface area contributed by atoms with Crippen LogP contribution < -0.4 is 14.8 Å². The van der Waals surface area contributed by atoms with Crippen molar-refractivity contribution in [2.45, 2.75) is 63.4 Å². The molecule has 0 unspecified atom stereocenters. The molecule has 1 fully saturated rings.